The SMILES string of the molecule is CCOc1ccccc1OCC(=O)NCCNC(=O)c1ccc2nc(C)c(C)nc2c1. The molecule has 0 aliphatic carbocycles. The number of ether oxygens (including phenoxy) is 2. The molecule has 0 aliphatic heterocycles. The minimum Gasteiger partial charge on any atom is -0.490 e. The van der Waals surface area contributed by atoms with E-state index in [0.717, 1.165) is 16.9 Å². The minimum atomic E-state index is -0.285. The van der Waals surface area contributed by atoms with Crippen LogP contribution in [0.2, 0.25) is 0 Å². The van der Waals surface area contributed by atoms with Crippen LogP contribution in [0, 0.1) is 13.8 Å². The van der Waals surface area contributed by atoms with Gasteiger partial charge in [0.25, 0.3) is 11.8 Å². The largest absolute Gasteiger partial charge is 0.490 e. The summed E-state index contributed by atoms with van der Waals surface area (Å²) in [5.74, 6) is 0.582. The van der Waals surface area contributed by atoms with Gasteiger partial charge in [0.1, 0.15) is 0 Å². The van der Waals surface area contributed by atoms with Gasteiger partial charge in [-0.05, 0) is 51.1 Å². The topological polar surface area (TPSA) is 102 Å². The van der Waals surface area contributed by atoms with Gasteiger partial charge in [-0.2, -0.15) is 0 Å². The fourth-order valence-electron chi connectivity index (χ4n) is 2.89. The molecule has 162 valence electrons. The van der Waals surface area contributed by atoms with Gasteiger partial charge < -0.3 is 20.1 Å². The van der Waals surface area contributed by atoms with Crippen LogP contribution < -0.4 is 20.1 Å². The summed E-state index contributed by atoms with van der Waals surface area (Å²) in [5, 5.41) is 5.49. The van der Waals surface area contributed by atoms with Crippen molar-refractivity contribution in [2.45, 2.75) is 20.8 Å². The number of nitrogens with zero attached hydrogens (tertiary/aromatic N) is 2. The molecule has 0 atom stereocenters. The molecule has 3 rings (SSSR count). The summed E-state index contributed by atoms with van der Waals surface area (Å²) in [7, 11) is 0. The summed E-state index contributed by atoms with van der Waals surface area (Å²) < 4.78 is 11.0. The van der Waals surface area contributed by atoms with Gasteiger partial charge in [0.05, 0.1) is 29.0 Å². The Bertz CT molecular complexity index is 1080. The average molecular weight is 422 g/mol. The third-order valence-corrected chi connectivity index (χ3v) is 4.58. The van der Waals surface area contributed by atoms with Gasteiger partial charge >= 0.3 is 0 Å². The maximum atomic E-state index is 12.4. The Hall–Kier alpha value is -3.68. The molecule has 3 aromatic rings. The van der Waals surface area contributed by atoms with Gasteiger partial charge in [-0.1, -0.05) is 12.1 Å². The Morgan fingerprint density at radius 2 is 1.52 bits per heavy atom. The zero-order valence-electron chi connectivity index (χ0n) is 17.9. The van der Waals surface area contributed by atoms with Gasteiger partial charge in [-0.15, -0.1) is 0 Å². The van der Waals surface area contributed by atoms with Crippen molar-refractivity contribution >= 4 is 22.8 Å². The van der Waals surface area contributed by atoms with Crippen LogP contribution in [-0.4, -0.2) is 48.1 Å². The molecule has 0 unspecified atom stereocenters. The molecular formula is C23H26N4O4. The first-order valence-corrected chi connectivity index (χ1v) is 10.1. The van der Waals surface area contributed by atoms with Crippen molar-refractivity contribution in [2.24, 2.45) is 0 Å². The van der Waals surface area contributed by atoms with E-state index in [0.29, 0.717) is 29.2 Å². The van der Waals surface area contributed by atoms with Gasteiger partial charge in [0.15, 0.2) is 18.1 Å². The highest BCUT2D eigenvalue weighted by atomic mass is 16.5. The summed E-state index contributed by atoms with van der Waals surface area (Å²) in [6.07, 6.45) is 0. The number of hydrogen-bond acceptors (Lipinski definition) is 6. The highest BCUT2D eigenvalue weighted by Crippen LogP contribution is 2.26. The first-order valence-electron chi connectivity index (χ1n) is 10.1. The molecule has 2 aromatic carbocycles. The molecule has 0 bridgehead atoms. The van der Waals surface area contributed by atoms with Crippen molar-refractivity contribution in [1.29, 1.82) is 0 Å². The maximum Gasteiger partial charge on any atom is 0.258 e. The maximum absolute atomic E-state index is 12.4. The van der Waals surface area contributed by atoms with E-state index in [4.69, 9.17) is 9.47 Å². The molecule has 0 fully saturated rings. The van der Waals surface area contributed by atoms with Gasteiger partial charge in [-0.3, -0.25) is 9.59 Å². The van der Waals surface area contributed by atoms with E-state index in [9.17, 15) is 9.59 Å². The average Bonchev–Trinajstić information content (AvgIpc) is 2.76. The van der Waals surface area contributed by atoms with Crippen molar-refractivity contribution in [3.63, 3.8) is 0 Å². The second-order valence-corrected chi connectivity index (χ2v) is 6.87. The predicted molar refractivity (Wildman–Crippen MR) is 117 cm³/mol. The zero-order chi connectivity index (χ0) is 22.2. The number of carbonyl (C=O) groups excluding carboxylic acids is 2. The smallest absolute Gasteiger partial charge is 0.258 e. The lowest BCUT2D eigenvalue weighted by Crippen LogP contribution is -2.36. The molecule has 2 N–H and O–H groups in total. The predicted octanol–water partition coefficient (Wildman–Crippen LogP) is 2.57. The normalized spacial score (nSPS) is 10.5. The van der Waals surface area contributed by atoms with Gasteiger partial charge in [0, 0.05) is 18.7 Å². The third-order valence-electron chi connectivity index (χ3n) is 4.58. The number of carbonyl (C=O) groups is 2. The summed E-state index contributed by atoms with van der Waals surface area (Å²) in [6.45, 7) is 6.61. The van der Waals surface area contributed by atoms with Crippen LogP contribution >= 0.6 is 0 Å². The lowest BCUT2D eigenvalue weighted by Gasteiger charge is -2.12. The second-order valence-electron chi connectivity index (χ2n) is 6.87. The number of fused-ring (bicyclic) bond motifs is 1. The van der Waals surface area contributed by atoms with Gasteiger partial charge in [-0.25, -0.2) is 9.97 Å². The Labute approximate surface area is 181 Å². The van der Waals surface area contributed by atoms with Crippen molar-refractivity contribution in [3.8, 4) is 11.5 Å². The Balaban J connectivity index is 1.44. The van der Waals surface area contributed by atoms with Crippen molar-refractivity contribution in [3.05, 3.63) is 59.4 Å². The highest BCUT2D eigenvalue weighted by Gasteiger charge is 2.10. The lowest BCUT2D eigenvalue weighted by atomic mass is 10.1. The fraction of sp³-hybridized carbons (Fsp3) is 0.304. The molecule has 0 saturated carbocycles. The lowest BCUT2D eigenvalue weighted by molar-refractivity contribution is -0.123. The van der Waals surface area contributed by atoms with E-state index < -0.39 is 0 Å². The number of nitrogens with one attached hydrogen (secondary N) is 2. The molecule has 8 nitrogen and oxygen atoms in total. The number of hydrogen-bond donors (Lipinski definition) is 2. The fourth-order valence-corrected chi connectivity index (χ4v) is 2.89. The first-order chi connectivity index (χ1) is 15.0. The van der Waals surface area contributed by atoms with E-state index in [2.05, 4.69) is 20.6 Å². The second kappa shape index (κ2) is 10.4. The molecule has 8 heteroatoms. The molecule has 1 aromatic heterocycles. The van der Waals surface area contributed by atoms with Crippen LogP contribution in [0.15, 0.2) is 42.5 Å². The molecule has 0 radical (unpaired) electrons. The molecule has 0 spiro atoms. The molecular weight excluding hydrogens is 396 g/mol. The van der Waals surface area contributed by atoms with Crippen LogP contribution in [-0.2, 0) is 4.79 Å². The number of rotatable bonds is 9. The zero-order valence-corrected chi connectivity index (χ0v) is 17.9. The summed E-state index contributed by atoms with van der Waals surface area (Å²) >= 11 is 0. The van der Waals surface area contributed by atoms with Crippen LogP contribution in [0.25, 0.3) is 11.0 Å². The molecule has 1 heterocycles. The first kappa shape index (κ1) is 22.0. The van der Waals surface area contributed by atoms with Crippen LogP contribution in [0.4, 0.5) is 0 Å². The van der Waals surface area contributed by atoms with Crippen molar-refractivity contribution < 1.29 is 19.1 Å². The van der Waals surface area contributed by atoms with Crippen LogP contribution in [0.1, 0.15) is 28.7 Å². The monoisotopic (exact) mass is 422 g/mol. The van der Waals surface area contributed by atoms with E-state index >= 15 is 0 Å². The van der Waals surface area contributed by atoms with Crippen LogP contribution in [0.3, 0.4) is 0 Å². The summed E-state index contributed by atoms with van der Waals surface area (Å²) in [6, 6.07) is 12.4. The molecule has 2 amide bonds. The van der Waals surface area contributed by atoms with E-state index in [1.165, 1.54) is 0 Å². The van der Waals surface area contributed by atoms with Crippen molar-refractivity contribution in [1.82, 2.24) is 20.6 Å². The number of para-hydroxylation sites is 2. The minimum absolute atomic E-state index is 0.139. The number of aryl methyl sites for hydroxylation is 2. The Morgan fingerprint density at radius 3 is 2.23 bits per heavy atom. The van der Waals surface area contributed by atoms with E-state index in [1.807, 2.05) is 32.9 Å². The number of amides is 2. The quantitative estimate of drug-likeness (QED) is 0.514. The van der Waals surface area contributed by atoms with Crippen LogP contribution in [0.5, 0.6) is 11.5 Å². The number of aromatic nitrogens is 2. The summed E-state index contributed by atoms with van der Waals surface area (Å²) in [4.78, 5) is 33.3. The third kappa shape index (κ3) is 5.91. The number of benzene rings is 2. The summed E-state index contributed by atoms with van der Waals surface area (Å²) in [5.41, 5.74) is 3.61. The van der Waals surface area contributed by atoms with E-state index in [-0.39, 0.29) is 31.5 Å². The standard InChI is InChI=1S/C23H26N4O4/c1-4-30-20-7-5-6-8-21(20)31-14-22(28)24-11-12-25-23(29)17-9-10-18-19(13-17)27-16(3)15(2)26-18/h5-10,13H,4,11-12,14H2,1-3H3,(H,24,28)(H,25,29). The molecule has 0 saturated heterocycles. The Kier molecular flexibility index (Phi) is 7.37. The molecule has 0 aliphatic rings. The van der Waals surface area contributed by atoms with Gasteiger partial charge in [0.2, 0.25) is 0 Å². The van der Waals surface area contributed by atoms with Crippen molar-refractivity contribution in [2.75, 3.05) is 26.3 Å². The Morgan fingerprint density at radius 1 is 0.871 bits per heavy atom. The molecule has 31 heavy (non-hydrogen) atoms. The van der Waals surface area contributed by atoms with E-state index in [1.54, 1.807) is 30.3 Å². The highest BCUT2D eigenvalue weighted by molar-refractivity contribution is 5.97.